The Morgan fingerprint density at radius 1 is 1.29 bits per heavy atom. The van der Waals surface area contributed by atoms with Gasteiger partial charge in [0.05, 0.1) is 6.20 Å². The molecule has 6 nitrogen and oxygen atoms in total. The third-order valence-corrected chi connectivity index (χ3v) is 3.95. The van der Waals surface area contributed by atoms with Gasteiger partial charge in [0, 0.05) is 64.6 Å². The van der Waals surface area contributed by atoms with Crippen molar-refractivity contribution in [2.24, 2.45) is 12.0 Å². The number of hydrogen-bond acceptors (Lipinski definition) is 3. The summed E-state index contributed by atoms with van der Waals surface area (Å²) in [6, 6.07) is 1.17. The molecule has 0 fully saturated rings. The second kappa shape index (κ2) is 11.7. The van der Waals surface area contributed by atoms with Gasteiger partial charge in [-0.3, -0.25) is 14.6 Å². The maximum Gasteiger partial charge on any atom is 0.193 e. The van der Waals surface area contributed by atoms with Crippen molar-refractivity contribution in [1.29, 1.82) is 0 Å². The van der Waals surface area contributed by atoms with Crippen LogP contribution in [0.4, 0.5) is 0 Å². The highest BCUT2D eigenvalue weighted by Gasteiger charge is 2.13. The first-order chi connectivity index (χ1) is 10.8. The fourth-order valence-corrected chi connectivity index (χ4v) is 2.86. The van der Waals surface area contributed by atoms with Gasteiger partial charge in [-0.15, -0.1) is 24.0 Å². The van der Waals surface area contributed by atoms with Gasteiger partial charge < -0.3 is 10.2 Å². The molecule has 0 unspecified atom stereocenters. The van der Waals surface area contributed by atoms with Gasteiger partial charge in [0.1, 0.15) is 0 Å². The Labute approximate surface area is 164 Å². The predicted molar refractivity (Wildman–Crippen MR) is 113 cm³/mol. The Morgan fingerprint density at radius 3 is 2.38 bits per heavy atom. The van der Waals surface area contributed by atoms with Gasteiger partial charge in [-0.1, -0.05) is 0 Å². The molecule has 1 aromatic heterocycles. The largest absolute Gasteiger partial charge is 0.356 e. The Morgan fingerprint density at radius 2 is 1.92 bits per heavy atom. The topological polar surface area (TPSA) is 48.7 Å². The number of aryl methyl sites for hydroxylation is 1. The van der Waals surface area contributed by atoms with Gasteiger partial charge >= 0.3 is 0 Å². The summed E-state index contributed by atoms with van der Waals surface area (Å²) in [6.45, 7) is 11.9. The predicted octanol–water partition coefficient (Wildman–Crippen LogP) is 2.55. The van der Waals surface area contributed by atoms with Gasteiger partial charge in [0.2, 0.25) is 0 Å². The number of hydrogen-bond donors (Lipinski definition) is 1. The van der Waals surface area contributed by atoms with E-state index in [-0.39, 0.29) is 24.0 Å². The maximum atomic E-state index is 4.37. The fraction of sp³-hybridized carbons (Fsp3) is 0.765. The lowest BCUT2D eigenvalue weighted by Gasteiger charge is -2.30. The smallest absolute Gasteiger partial charge is 0.193 e. The molecule has 0 aliphatic rings. The molecule has 0 amide bonds. The van der Waals surface area contributed by atoms with E-state index < -0.39 is 0 Å². The van der Waals surface area contributed by atoms with Crippen LogP contribution in [0, 0.1) is 0 Å². The monoisotopic (exact) mass is 450 g/mol. The Hall–Kier alpha value is -0.830. The van der Waals surface area contributed by atoms with Crippen LogP contribution in [-0.2, 0) is 13.6 Å². The zero-order chi connectivity index (χ0) is 17.4. The first-order valence-electron chi connectivity index (χ1n) is 8.50. The number of rotatable bonds is 8. The molecule has 7 heteroatoms. The van der Waals surface area contributed by atoms with Crippen LogP contribution in [0.2, 0.25) is 0 Å². The van der Waals surface area contributed by atoms with E-state index in [4.69, 9.17) is 0 Å². The summed E-state index contributed by atoms with van der Waals surface area (Å²) in [4.78, 5) is 9.01. The molecular formula is C17H35IN6. The maximum absolute atomic E-state index is 4.37. The molecule has 24 heavy (non-hydrogen) atoms. The van der Waals surface area contributed by atoms with Crippen molar-refractivity contribution in [3.63, 3.8) is 0 Å². The first kappa shape index (κ1) is 23.2. The van der Waals surface area contributed by atoms with E-state index in [0.717, 1.165) is 32.0 Å². The average Bonchev–Trinajstić information content (AvgIpc) is 2.86. The molecule has 0 saturated carbocycles. The number of nitrogens with one attached hydrogen (secondary N) is 1. The minimum Gasteiger partial charge on any atom is -0.356 e. The van der Waals surface area contributed by atoms with Crippen LogP contribution in [0.3, 0.4) is 0 Å². The second-order valence-electron chi connectivity index (χ2n) is 6.63. The second-order valence-corrected chi connectivity index (χ2v) is 6.63. The number of aromatic nitrogens is 2. The van der Waals surface area contributed by atoms with E-state index in [1.807, 2.05) is 31.2 Å². The zero-order valence-electron chi connectivity index (χ0n) is 16.3. The van der Waals surface area contributed by atoms with Gasteiger partial charge in [-0.2, -0.15) is 5.10 Å². The van der Waals surface area contributed by atoms with E-state index in [0.29, 0.717) is 12.1 Å². The molecule has 1 N–H and O–H groups in total. The molecule has 0 aromatic carbocycles. The molecule has 0 spiro atoms. The van der Waals surface area contributed by atoms with Gasteiger partial charge in [0.25, 0.3) is 0 Å². The highest BCUT2D eigenvalue weighted by atomic mass is 127. The van der Waals surface area contributed by atoms with Gasteiger partial charge in [-0.25, -0.2) is 0 Å². The molecule has 140 valence electrons. The van der Waals surface area contributed by atoms with Crippen LogP contribution in [0.1, 0.15) is 39.7 Å². The molecule has 1 rings (SSSR count). The van der Waals surface area contributed by atoms with Crippen LogP contribution < -0.4 is 5.32 Å². The zero-order valence-corrected chi connectivity index (χ0v) is 18.6. The van der Waals surface area contributed by atoms with Crippen molar-refractivity contribution >= 4 is 29.9 Å². The number of guanidine groups is 1. The van der Waals surface area contributed by atoms with Crippen molar-refractivity contribution in [2.45, 2.75) is 52.7 Å². The van der Waals surface area contributed by atoms with Crippen molar-refractivity contribution in [1.82, 2.24) is 24.9 Å². The van der Waals surface area contributed by atoms with Crippen molar-refractivity contribution < 1.29 is 0 Å². The summed E-state index contributed by atoms with van der Waals surface area (Å²) in [6.07, 6.45) is 5.04. The summed E-state index contributed by atoms with van der Waals surface area (Å²) >= 11 is 0. The van der Waals surface area contributed by atoms with Gasteiger partial charge in [0.15, 0.2) is 5.96 Å². The lowest BCUT2D eigenvalue weighted by molar-refractivity contribution is 0.173. The lowest BCUT2D eigenvalue weighted by atomic mass is 10.2. The number of aliphatic imine (C=N–C) groups is 1. The number of halogens is 1. The van der Waals surface area contributed by atoms with E-state index in [2.05, 4.69) is 60.0 Å². The summed E-state index contributed by atoms with van der Waals surface area (Å²) in [7, 11) is 5.82. The minimum absolute atomic E-state index is 0. The SMILES string of the molecule is CN=C(NCCCN(C(C)C)C(C)C)N(C)Cc1cnn(C)c1.I. The van der Waals surface area contributed by atoms with E-state index in [9.17, 15) is 0 Å². The standard InChI is InChI=1S/C17H34N6.HI/c1-14(2)23(15(3)4)10-8-9-19-17(18-5)21(6)12-16-11-20-22(7)13-16;/h11,13-15H,8-10,12H2,1-7H3,(H,18,19);1H. The highest BCUT2D eigenvalue weighted by Crippen LogP contribution is 2.05. The van der Waals surface area contributed by atoms with Crippen LogP contribution in [0.5, 0.6) is 0 Å². The first-order valence-corrected chi connectivity index (χ1v) is 8.50. The Kier molecular flexibility index (Phi) is 11.3. The summed E-state index contributed by atoms with van der Waals surface area (Å²) < 4.78 is 1.83. The van der Waals surface area contributed by atoms with E-state index >= 15 is 0 Å². The fourth-order valence-electron chi connectivity index (χ4n) is 2.86. The normalized spacial score (nSPS) is 12.0. The third-order valence-electron chi connectivity index (χ3n) is 3.95. The van der Waals surface area contributed by atoms with Crippen LogP contribution >= 0.6 is 24.0 Å². The molecule has 0 bridgehead atoms. The van der Waals surface area contributed by atoms with Crippen LogP contribution in [-0.4, -0.2) is 64.8 Å². The summed E-state index contributed by atoms with van der Waals surface area (Å²) in [5.41, 5.74) is 1.18. The summed E-state index contributed by atoms with van der Waals surface area (Å²) in [5.74, 6) is 0.925. The number of nitrogens with zero attached hydrogens (tertiary/aromatic N) is 5. The molecule has 0 radical (unpaired) electrons. The quantitative estimate of drug-likeness (QED) is 0.286. The molecule has 0 aliphatic heterocycles. The Balaban J connectivity index is 0.00000529. The minimum atomic E-state index is 0. The molecular weight excluding hydrogens is 415 g/mol. The molecule has 0 atom stereocenters. The van der Waals surface area contributed by atoms with Crippen molar-refractivity contribution in [3.8, 4) is 0 Å². The molecule has 0 aliphatic carbocycles. The van der Waals surface area contributed by atoms with E-state index in [1.54, 1.807) is 0 Å². The van der Waals surface area contributed by atoms with Crippen LogP contribution in [0.15, 0.2) is 17.4 Å². The molecule has 0 saturated heterocycles. The van der Waals surface area contributed by atoms with Crippen LogP contribution in [0.25, 0.3) is 0 Å². The molecule has 1 aromatic rings. The van der Waals surface area contributed by atoms with Gasteiger partial charge in [-0.05, 0) is 34.1 Å². The van der Waals surface area contributed by atoms with Crippen molar-refractivity contribution in [3.05, 3.63) is 18.0 Å². The lowest BCUT2D eigenvalue weighted by Crippen LogP contribution is -2.41. The highest BCUT2D eigenvalue weighted by molar-refractivity contribution is 14.0. The third kappa shape index (κ3) is 7.83. The Bertz CT molecular complexity index is 475. The summed E-state index contributed by atoms with van der Waals surface area (Å²) in [5, 5.41) is 7.66. The molecule has 1 heterocycles. The van der Waals surface area contributed by atoms with Crippen molar-refractivity contribution in [2.75, 3.05) is 27.2 Å². The van der Waals surface area contributed by atoms with E-state index in [1.165, 1.54) is 5.56 Å². The average molecular weight is 450 g/mol.